The van der Waals surface area contributed by atoms with Gasteiger partial charge in [-0.2, -0.15) is 0 Å². The molecule has 6 nitrogen and oxygen atoms in total. The normalized spacial score (nSPS) is 11.2. The first-order valence-corrected chi connectivity index (χ1v) is 6.34. The number of hydrogen-bond donors (Lipinski definition) is 2. The number of nitrogens with one attached hydrogen (secondary N) is 1. The molecule has 0 atom stereocenters. The number of nitro benzene ring substituents is 1. The van der Waals surface area contributed by atoms with Crippen LogP contribution in [0.5, 0.6) is 0 Å². The molecule has 110 valence electrons. The molecule has 1 aromatic rings. The second-order valence-corrected chi connectivity index (χ2v) is 4.67. The van der Waals surface area contributed by atoms with Gasteiger partial charge in [0.15, 0.2) is 0 Å². The molecule has 0 fully saturated rings. The van der Waals surface area contributed by atoms with Gasteiger partial charge in [0.25, 0.3) is 11.6 Å². The Bertz CT molecular complexity index is 516. The number of benzene rings is 1. The lowest BCUT2D eigenvalue weighted by atomic mass is 9.94. The highest BCUT2D eigenvalue weighted by Crippen LogP contribution is 2.20. The van der Waals surface area contributed by atoms with E-state index in [2.05, 4.69) is 5.32 Å². The molecule has 0 heterocycles. The fraction of sp³-hybridized carbons (Fsp3) is 0.462. The Kier molecular flexibility index (Phi) is 5.15. The first-order chi connectivity index (χ1) is 9.33. The smallest absolute Gasteiger partial charge is 0.285 e. The molecule has 0 radical (unpaired) electrons. The molecule has 0 spiro atoms. The van der Waals surface area contributed by atoms with E-state index in [1.807, 2.05) is 13.8 Å². The SMILES string of the molecule is CCC(N)(CC)CNC(=O)c1ccc(F)cc1[N+](=O)[O-]. The van der Waals surface area contributed by atoms with E-state index < -0.39 is 27.9 Å². The van der Waals surface area contributed by atoms with Crippen molar-refractivity contribution in [1.82, 2.24) is 5.32 Å². The number of nitrogens with zero attached hydrogens (tertiary/aromatic N) is 1. The van der Waals surface area contributed by atoms with Crippen LogP contribution in [0.15, 0.2) is 18.2 Å². The maximum absolute atomic E-state index is 13.0. The molecule has 0 unspecified atom stereocenters. The maximum Gasteiger partial charge on any atom is 0.285 e. The third-order valence-electron chi connectivity index (χ3n) is 3.41. The highest BCUT2D eigenvalue weighted by Gasteiger charge is 2.25. The van der Waals surface area contributed by atoms with Gasteiger partial charge in [-0.1, -0.05) is 13.8 Å². The summed E-state index contributed by atoms with van der Waals surface area (Å²) in [5.74, 6) is -1.39. The molecule has 0 aliphatic carbocycles. The zero-order valence-electron chi connectivity index (χ0n) is 11.5. The minimum absolute atomic E-state index is 0.175. The van der Waals surface area contributed by atoms with E-state index in [0.717, 1.165) is 18.2 Å². The first-order valence-electron chi connectivity index (χ1n) is 6.34. The Morgan fingerprint density at radius 1 is 1.45 bits per heavy atom. The zero-order valence-corrected chi connectivity index (χ0v) is 11.5. The molecule has 20 heavy (non-hydrogen) atoms. The molecule has 0 bridgehead atoms. The maximum atomic E-state index is 13.0. The number of carbonyl (C=O) groups excluding carboxylic acids is 1. The van der Waals surface area contributed by atoms with Crippen molar-refractivity contribution < 1.29 is 14.1 Å². The standard InChI is InChI=1S/C13H18FN3O3/c1-3-13(15,4-2)8-16-12(18)10-6-5-9(14)7-11(10)17(19)20/h5-7H,3-4,8,15H2,1-2H3,(H,16,18). The van der Waals surface area contributed by atoms with Crippen LogP contribution in [0.3, 0.4) is 0 Å². The van der Waals surface area contributed by atoms with E-state index in [-0.39, 0.29) is 12.1 Å². The predicted octanol–water partition coefficient (Wildman–Crippen LogP) is 1.98. The van der Waals surface area contributed by atoms with Crippen LogP contribution in [0.4, 0.5) is 10.1 Å². The number of nitro groups is 1. The van der Waals surface area contributed by atoms with E-state index in [1.54, 1.807) is 0 Å². The lowest BCUT2D eigenvalue weighted by Gasteiger charge is -2.26. The van der Waals surface area contributed by atoms with Crippen LogP contribution < -0.4 is 11.1 Å². The molecule has 7 heteroatoms. The Morgan fingerprint density at radius 2 is 2.05 bits per heavy atom. The quantitative estimate of drug-likeness (QED) is 0.616. The van der Waals surface area contributed by atoms with E-state index in [0.29, 0.717) is 12.8 Å². The van der Waals surface area contributed by atoms with Crippen LogP contribution in [0, 0.1) is 15.9 Å². The predicted molar refractivity (Wildman–Crippen MR) is 72.9 cm³/mol. The summed E-state index contributed by atoms with van der Waals surface area (Å²) >= 11 is 0. The molecular weight excluding hydrogens is 265 g/mol. The van der Waals surface area contributed by atoms with Crippen molar-refractivity contribution >= 4 is 11.6 Å². The third-order valence-corrected chi connectivity index (χ3v) is 3.41. The van der Waals surface area contributed by atoms with Crippen LogP contribution in [0.25, 0.3) is 0 Å². The second kappa shape index (κ2) is 6.42. The molecule has 3 N–H and O–H groups in total. The summed E-state index contributed by atoms with van der Waals surface area (Å²) in [5, 5.41) is 13.4. The largest absolute Gasteiger partial charge is 0.350 e. The van der Waals surface area contributed by atoms with Crippen LogP contribution in [-0.4, -0.2) is 22.9 Å². The molecule has 0 aromatic heterocycles. The summed E-state index contributed by atoms with van der Waals surface area (Å²) in [4.78, 5) is 22.0. The van der Waals surface area contributed by atoms with Gasteiger partial charge < -0.3 is 11.1 Å². The van der Waals surface area contributed by atoms with Crippen LogP contribution in [0.1, 0.15) is 37.0 Å². The van der Waals surface area contributed by atoms with Crippen molar-refractivity contribution in [3.63, 3.8) is 0 Å². The van der Waals surface area contributed by atoms with Crippen LogP contribution >= 0.6 is 0 Å². The van der Waals surface area contributed by atoms with Crippen molar-refractivity contribution in [3.8, 4) is 0 Å². The van der Waals surface area contributed by atoms with Gasteiger partial charge in [0, 0.05) is 12.1 Å². The molecule has 0 saturated carbocycles. The van der Waals surface area contributed by atoms with E-state index in [1.165, 1.54) is 0 Å². The van der Waals surface area contributed by atoms with Crippen molar-refractivity contribution in [2.75, 3.05) is 6.54 Å². The first kappa shape index (κ1) is 16.0. The highest BCUT2D eigenvalue weighted by molar-refractivity contribution is 5.98. The average Bonchev–Trinajstić information content (AvgIpc) is 2.44. The number of amides is 1. The summed E-state index contributed by atoms with van der Waals surface area (Å²) in [5.41, 5.74) is 4.75. The van der Waals surface area contributed by atoms with Crippen LogP contribution in [0.2, 0.25) is 0 Å². The lowest BCUT2D eigenvalue weighted by molar-refractivity contribution is -0.385. The zero-order chi connectivity index (χ0) is 15.3. The summed E-state index contributed by atoms with van der Waals surface area (Å²) < 4.78 is 13.0. The molecular formula is C13H18FN3O3. The number of halogens is 1. The lowest BCUT2D eigenvalue weighted by Crippen LogP contribution is -2.49. The van der Waals surface area contributed by atoms with Gasteiger partial charge in [-0.25, -0.2) is 4.39 Å². The van der Waals surface area contributed by atoms with Crippen LogP contribution in [-0.2, 0) is 0 Å². The van der Waals surface area contributed by atoms with E-state index >= 15 is 0 Å². The molecule has 0 saturated heterocycles. The minimum Gasteiger partial charge on any atom is -0.350 e. The van der Waals surface area contributed by atoms with Gasteiger partial charge in [-0.05, 0) is 25.0 Å². The third kappa shape index (κ3) is 3.74. The summed E-state index contributed by atoms with van der Waals surface area (Å²) in [7, 11) is 0. The topological polar surface area (TPSA) is 98.3 Å². The van der Waals surface area contributed by atoms with Crippen molar-refractivity contribution in [2.45, 2.75) is 32.2 Å². The number of nitrogens with two attached hydrogens (primary N) is 1. The number of carbonyl (C=O) groups is 1. The monoisotopic (exact) mass is 283 g/mol. The number of hydrogen-bond acceptors (Lipinski definition) is 4. The van der Waals surface area contributed by atoms with Gasteiger partial charge in [0.05, 0.1) is 11.0 Å². The van der Waals surface area contributed by atoms with Crippen molar-refractivity contribution in [3.05, 3.63) is 39.7 Å². The Hall–Kier alpha value is -2.02. The van der Waals surface area contributed by atoms with Gasteiger partial charge in [-0.3, -0.25) is 14.9 Å². The number of rotatable bonds is 6. The Labute approximate surface area is 116 Å². The average molecular weight is 283 g/mol. The van der Waals surface area contributed by atoms with E-state index in [4.69, 9.17) is 5.73 Å². The van der Waals surface area contributed by atoms with Gasteiger partial charge in [0.2, 0.25) is 0 Å². The second-order valence-electron chi connectivity index (χ2n) is 4.67. The van der Waals surface area contributed by atoms with Crippen molar-refractivity contribution in [2.24, 2.45) is 5.73 Å². The summed E-state index contributed by atoms with van der Waals surface area (Å²) in [6.45, 7) is 4.00. The summed E-state index contributed by atoms with van der Waals surface area (Å²) in [6.07, 6.45) is 1.32. The van der Waals surface area contributed by atoms with Gasteiger partial charge >= 0.3 is 0 Å². The molecule has 1 aromatic carbocycles. The molecule has 0 aliphatic heterocycles. The molecule has 0 aliphatic rings. The molecule has 1 rings (SSSR count). The fourth-order valence-electron chi connectivity index (χ4n) is 1.70. The van der Waals surface area contributed by atoms with Gasteiger partial charge in [-0.15, -0.1) is 0 Å². The Balaban J connectivity index is 2.91. The summed E-state index contributed by atoms with van der Waals surface area (Å²) in [6, 6.07) is 2.83. The van der Waals surface area contributed by atoms with E-state index in [9.17, 15) is 19.3 Å². The molecule has 1 amide bonds. The minimum atomic E-state index is -0.784. The highest BCUT2D eigenvalue weighted by atomic mass is 19.1. The fourth-order valence-corrected chi connectivity index (χ4v) is 1.70. The van der Waals surface area contributed by atoms with Crippen molar-refractivity contribution in [1.29, 1.82) is 0 Å². The Morgan fingerprint density at radius 3 is 2.55 bits per heavy atom. The van der Waals surface area contributed by atoms with Gasteiger partial charge in [0.1, 0.15) is 11.4 Å².